The molecular weight excluding hydrogens is 404 g/mol. The second kappa shape index (κ2) is 10.5. The molecule has 0 amide bonds. The van der Waals surface area contributed by atoms with Crippen molar-refractivity contribution in [3.8, 4) is 11.8 Å². The third-order valence-electron chi connectivity index (χ3n) is 6.06. The van der Waals surface area contributed by atoms with Gasteiger partial charge in [0, 0.05) is 23.2 Å². The Morgan fingerprint density at radius 3 is 1.88 bits per heavy atom. The minimum atomic E-state index is -0.265. The van der Waals surface area contributed by atoms with Crippen LogP contribution in [0.15, 0.2) is 109 Å². The monoisotopic (exact) mass is 432 g/mol. The van der Waals surface area contributed by atoms with Gasteiger partial charge in [-0.2, -0.15) is 5.26 Å². The van der Waals surface area contributed by atoms with Crippen LogP contribution in [0.3, 0.4) is 0 Å². The van der Waals surface area contributed by atoms with E-state index in [1.54, 1.807) is 0 Å². The minimum absolute atomic E-state index is 0.265. The van der Waals surface area contributed by atoms with Crippen molar-refractivity contribution in [1.82, 2.24) is 0 Å². The molecule has 0 aliphatic carbocycles. The molecule has 0 spiro atoms. The smallest absolute Gasteiger partial charge is 0.119 e. The van der Waals surface area contributed by atoms with E-state index in [0.717, 1.165) is 29.1 Å². The molecular formula is C30H28N2O. The standard InChI is InChI=1S/C30H28N2O/c1-30(21-8-22-31,25-13-17-28(18-14-25)32-27-11-6-3-7-12-27)26-15-19-29(20-16-26)33-23-24-9-4-2-5-10-24/h2-7,9-20,32H,8,21,23H2,1H3. The number of nitriles is 1. The van der Waals surface area contributed by atoms with Crippen molar-refractivity contribution in [1.29, 1.82) is 5.26 Å². The van der Waals surface area contributed by atoms with E-state index < -0.39 is 0 Å². The summed E-state index contributed by atoms with van der Waals surface area (Å²) in [5.41, 5.74) is 5.34. The summed E-state index contributed by atoms with van der Waals surface area (Å²) in [5, 5.41) is 12.7. The molecule has 0 heterocycles. The molecule has 0 aliphatic heterocycles. The summed E-state index contributed by atoms with van der Waals surface area (Å²) in [6.07, 6.45) is 1.24. The number of rotatable bonds is 9. The van der Waals surface area contributed by atoms with E-state index in [9.17, 15) is 5.26 Å². The Morgan fingerprint density at radius 1 is 0.727 bits per heavy atom. The van der Waals surface area contributed by atoms with Gasteiger partial charge in [-0.25, -0.2) is 0 Å². The summed E-state index contributed by atoms with van der Waals surface area (Å²) >= 11 is 0. The van der Waals surface area contributed by atoms with Gasteiger partial charge in [0.25, 0.3) is 0 Å². The summed E-state index contributed by atoms with van der Waals surface area (Å²) in [6, 6.07) is 39.4. The van der Waals surface area contributed by atoms with Gasteiger partial charge in [-0.15, -0.1) is 0 Å². The number of hydrogen-bond donors (Lipinski definition) is 1. The molecule has 0 saturated heterocycles. The number of hydrogen-bond acceptors (Lipinski definition) is 3. The predicted octanol–water partition coefficient (Wildman–Crippen LogP) is 7.62. The van der Waals surface area contributed by atoms with Crippen LogP contribution in [0.1, 0.15) is 36.5 Å². The summed E-state index contributed by atoms with van der Waals surface area (Å²) in [4.78, 5) is 0. The van der Waals surface area contributed by atoms with Crippen molar-refractivity contribution in [2.75, 3.05) is 5.32 Å². The molecule has 164 valence electrons. The quantitative estimate of drug-likeness (QED) is 0.296. The lowest BCUT2D eigenvalue weighted by Gasteiger charge is -2.31. The van der Waals surface area contributed by atoms with Gasteiger partial charge in [0.05, 0.1) is 6.07 Å². The van der Waals surface area contributed by atoms with E-state index in [-0.39, 0.29) is 5.41 Å². The van der Waals surface area contributed by atoms with Crippen LogP contribution in [-0.4, -0.2) is 0 Å². The van der Waals surface area contributed by atoms with E-state index in [2.05, 4.69) is 66.8 Å². The van der Waals surface area contributed by atoms with Crippen molar-refractivity contribution in [3.63, 3.8) is 0 Å². The molecule has 1 N–H and O–H groups in total. The first-order valence-corrected chi connectivity index (χ1v) is 11.2. The zero-order valence-corrected chi connectivity index (χ0v) is 18.9. The highest BCUT2D eigenvalue weighted by Crippen LogP contribution is 2.38. The third kappa shape index (κ3) is 5.61. The summed E-state index contributed by atoms with van der Waals surface area (Å²) < 4.78 is 5.96. The van der Waals surface area contributed by atoms with Crippen molar-refractivity contribution >= 4 is 11.4 Å². The van der Waals surface area contributed by atoms with Crippen molar-refractivity contribution in [3.05, 3.63) is 126 Å². The fourth-order valence-corrected chi connectivity index (χ4v) is 4.03. The second-order valence-corrected chi connectivity index (χ2v) is 8.36. The molecule has 1 unspecified atom stereocenters. The zero-order valence-electron chi connectivity index (χ0n) is 18.9. The maximum atomic E-state index is 9.27. The van der Waals surface area contributed by atoms with Crippen LogP contribution >= 0.6 is 0 Å². The van der Waals surface area contributed by atoms with Crippen molar-refractivity contribution < 1.29 is 4.74 Å². The molecule has 0 aromatic heterocycles. The third-order valence-corrected chi connectivity index (χ3v) is 6.06. The molecule has 0 radical (unpaired) electrons. The van der Waals surface area contributed by atoms with Crippen molar-refractivity contribution in [2.45, 2.75) is 31.8 Å². The van der Waals surface area contributed by atoms with E-state index in [4.69, 9.17) is 4.74 Å². The lowest BCUT2D eigenvalue weighted by molar-refractivity contribution is 0.306. The first kappa shape index (κ1) is 22.2. The first-order chi connectivity index (χ1) is 16.2. The minimum Gasteiger partial charge on any atom is -0.489 e. The second-order valence-electron chi connectivity index (χ2n) is 8.36. The summed E-state index contributed by atoms with van der Waals surface area (Å²) in [5.74, 6) is 0.840. The van der Waals surface area contributed by atoms with Crippen LogP contribution in [0.5, 0.6) is 5.75 Å². The number of benzene rings is 4. The summed E-state index contributed by atoms with van der Waals surface area (Å²) in [7, 11) is 0. The van der Waals surface area contributed by atoms with Gasteiger partial charge in [0.15, 0.2) is 0 Å². The topological polar surface area (TPSA) is 45.0 Å². The van der Waals surface area contributed by atoms with Gasteiger partial charge in [0.2, 0.25) is 0 Å². The molecule has 0 saturated carbocycles. The largest absolute Gasteiger partial charge is 0.489 e. The van der Waals surface area contributed by atoms with Crippen LogP contribution in [0.4, 0.5) is 11.4 Å². The molecule has 0 fully saturated rings. The molecule has 0 bridgehead atoms. The van der Waals surface area contributed by atoms with E-state index in [1.807, 2.05) is 60.7 Å². The number of nitrogens with zero attached hydrogens (tertiary/aromatic N) is 1. The predicted molar refractivity (Wildman–Crippen MR) is 135 cm³/mol. The summed E-state index contributed by atoms with van der Waals surface area (Å²) in [6.45, 7) is 2.76. The number of anilines is 2. The fraction of sp³-hybridized carbons (Fsp3) is 0.167. The Bertz CT molecular complexity index is 1180. The molecule has 3 heteroatoms. The molecule has 4 aromatic rings. The Kier molecular flexibility index (Phi) is 7.07. The van der Waals surface area contributed by atoms with Gasteiger partial charge in [-0.1, -0.05) is 79.7 Å². The molecule has 4 rings (SSSR count). The highest BCUT2D eigenvalue weighted by Gasteiger charge is 2.28. The van der Waals surface area contributed by atoms with Crippen LogP contribution in [0.25, 0.3) is 0 Å². The normalized spacial score (nSPS) is 12.4. The Labute approximate surface area is 196 Å². The maximum Gasteiger partial charge on any atom is 0.119 e. The van der Waals surface area contributed by atoms with E-state index >= 15 is 0 Å². The van der Waals surface area contributed by atoms with E-state index in [0.29, 0.717) is 13.0 Å². The number of nitrogens with one attached hydrogen (secondary N) is 1. The Hall–Kier alpha value is -4.03. The average molecular weight is 433 g/mol. The maximum absolute atomic E-state index is 9.27. The molecule has 4 aromatic carbocycles. The molecule has 1 atom stereocenters. The lowest BCUT2D eigenvalue weighted by atomic mass is 9.73. The number of para-hydroxylation sites is 1. The first-order valence-electron chi connectivity index (χ1n) is 11.2. The van der Waals surface area contributed by atoms with Crippen LogP contribution in [0, 0.1) is 11.3 Å². The SMILES string of the molecule is CC(CCC#N)(c1ccc(Nc2ccccc2)cc1)c1ccc(OCc2ccccc2)cc1. The highest BCUT2D eigenvalue weighted by molar-refractivity contribution is 5.60. The van der Waals surface area contributed by atoms with Crippen molar-refractivity contribution in [2.24, 2.45) is 0 Å². The van der Waals surface area contributed by atoms with Crippen LogP contribution in [-0.2, 0) is 12.0 Å². The Balaban J connectivity index is 1.52. The Morgan fingerprint density at radius 2 is 1.27 bits per heavy atom. The molecule has 33 heavy (non-hydrogen) atoms. The van der Waals surface area contributed by atoms with Gasteiger partial charge in [0.1, 0.15) is 12.4 Å². The van der Waals surface area contributed by atoms with E-state index in [1.165, 1.54) is 11.1 Å². The van der Waals surface area contributed by atoms with Crippen LogP contribution < -0.4 is 10.1 Å². The van der Waals surface area contributed by atoms with Gasteiger partial charge in [-0.05, 0) is 59.5 Å². The molecule has 3 nitrogen and oxygen atoms in total. The van der Waals surface area contributed by atoms with Crippen LogP contribution in [0.2, 0.25) is 0 Å². The zero-order chi connectivity index (χ0) is 22.9. The number of ether oxygens (including phenoxy) is 1. The lowest BCUT2D eigenvalue weighted by Crippen LogP contribution is -2.23. The molecule has 0 aliphatic rings. The van der Waals surface area contributed by atoms with Gasteiger partial charge < -0.3 is 10.1 Å². The van der Waals surface area contributed by atoms with Gasteiger partial charge in [-0.3, -0.25) is 0 Å². The van der Waals surface area contributed by atoms with Gasteiger partial charge >= 0.3 is 0 Å². The highest BCUT2D eigenvalue weighted by atomic mass is 16.5. The fourth-order valence-electron chi connectivity index (χ4n) is 4.03. The average Bonchev–Trinajstić information content (AvgIpc) is 2.88.